The zero-order valence-corrected chi connectivity index (χ0v) is 13.4. The van der Waals surface area contributed by atoms with Gasteiger partial charge in [0.2, 0.25) is 0 Å². The molecule has 6 heteroatoms. The van der Waals surface area contributed by atoms with Crippen molar-refractivity contribution in [2.75, 3.05) is 20.1 Å². The maximum atomic E-state index is 12.5. The lowest BCUT2D eigenvalue weighted by Gasteiger charge is -2.35. The van der Waals surface area contributed by atoms with E-state index < -0.39 is 10.0 Å². The van der Waals surface area contributed by atoms with Gasteiger partial charge in [-0.1, -0.05) is 13.8 Å². The lowest BCUT2D eigenvalue weighted by atomic mass is 9.83. The Morgan fingerprint density at radius 1 is 1.37 bits per heavy atom. The standard InChI is InChI=1S/C13H22N2O2S2/c1-13(2)4-6-15(7-5-13)19(16,17)12-8-11(9-14-3)10-18-12/h8,10,14H,4-7,9H2,1-3H3. The van der Waals surface area contributed by atoms with E-state index in [1.165, 1.54) is 11.3 Å². The summed E-state index contributed by atoms with van der Waals surface area (Å²) in [4.78, 5) is 0. The molecule has 0 atom stereocenters. The van der Waals surface area contributed by atoms with Crippen molar-refractivity contribution in [1.29, 1.82) is 0 Å². The fourth-order valence-electron chi connectivity index (χ4n) is 2.24. The summed E-state index contributed by atoms with van der Waals surface area (Å²) >= 11 is 1.32. The maximum Gasteiger partial charge on any atom is 0.252 e. The molecule has 1 N–H and O–H groups in total. The van der Waals surface area contributed by atoms with E-state index >= 15 is 0 Å². The number of sulfonamides is 1. The first kappa shape index (κ1) is 15.0. The van der Waals surface area contributed by atoms with E-state index in [4.69, 9.17) is 0 Å². The first-order valence-electron chi connectivity index (χ1n) is 6.57. The van der Waals surface area contributed by atoms with Crippen LogP contribution in [0.5, 0.6) is 0 Å². The Hall–Kier alpha value is -0.430. The minimum absolute atomic E-state index is 0.263. The van der Waals surface area contributed by atoms with Crippen LogP contribution in [0.4, 0.5) is 0 Å². The van der Waals surface area contributed by atoms with Gasteiger partial charge in [0.25, 0.3) is 10.0 Å². The van der Waals surface area contributed by atoms with Crippen LogP contribution < -0.4 is 5.32 Å². The van der Waals surface area contributed by atoms with Crippen molar-refractivity contribution in [1.82, 2.24) is 9.62 Å². The molecule has 0 radical (unpaired) electrons. The van der Waals surface area contributed by atoms with Crippen molar-refractivity contribution in [2.24, 2.45) is 5.41 Å². The number of rotatable bonds is 4. The van der Waals surface area contributed by atoms with E-state index in [-0.39, 0.29) is 5.41 Å². The Morgan fingerprint density at radius 2 is 2.00 bits per heavy atom. The van der Waals surface area contributed by atoms with Crippen LogP contribution in [-0.4, -0.2) is 32.9 Å². The highest BCUT2D eigenvalue weighted by atomic mass is 32.2. The lowest BCUT2D eigenvalue weighted by molar-refractivity contribution is 0.196. The molecule has 0 spiro atoms. The molecule has 0 aliphatic carbocycles. The molecule has 108 valence electrons. The second-order valence-corrected chi connectivity index (χ2v) is 8.95. The van der Waals surface area contributed by atoms with Gasteiger partial charge in [0, 0.05) is 19.6 Å². The molecule has 0 bridgehead atoms. The van der Waals surface area contributed by atoms with E-state index in [1.807, 2.05) is 12.4 Å². The minimum atomic E-state index is -3.29. The highest BCUT2D eigenvalue weighted by molar-refractivity contribution is 7.91. The van der Waals surface area contributed by atoms with Crippen LogP contribution in [0.2, 0.25) is 0 Å². The molecule has 1 aromatic rings. The number of hydrogen-bond donors (Lipinski definition) is 1. The largest absolute Gasteiger partial charge is 0.316 e. The van der Waals surface area contributed by atoms with Crippen LogP contribution in [0.3, 0.4) is 0 Å². The third kappa shape index (κ3) is 3.37. The van der Waals surface area contributed by atoms with Crippen molar-refractivity contribution < 1.29 is 8.42 Å². The molecule has 0 aromatic carbocycles. The molecule has 19 heavy (non-hydrogen) atoms. The van der Waals surface area contributed by atoms with Gasteiger partial charge in [-0.05, 0) is 42.3 Å². The van der Waals surface area contributed by atoms with Crippen LogP contribution in [0.1, 0.15) is 32.3 Å². The number of hydrogen-bond acceptors (Lipinski definition) is 4. The Balaban J connectivity index is 2.13. The molecule has 2 heterocycles. The molecule has 0 amide bonds. The average molecular weight is 302 g/mol. The molecule has 1 aliphatic rings. The van der Waals surface area contributed by atoms with Gasteiger partial charge in [0.15, 0.2) is 0 Å². The molecule has 4 nitrogen and oxygen atoms in total. The summed E-state index contributed by atoms with van der Waals surface area (Å²) in [6, 6.07) is 1.79. The molecule has 0 unspecified atom stereocenters. The van der Waals surface area contributed by atoms with Crippen molar-refractivity contribution >= 4 is 21.4 Å². The Kier molecular flexibility index (Phi) is 4.35. The monoisotopic (exact) mass is 302 g/mol. The van der Waals surface area contributed by atoms with Gasteiger partial charge in [0.1, 0.15) is 4.21 Å². The third-order valence-electron chi connectivity index (χ3n) is 3.68. The van der Waals surface area contributed by atoms with Gasteiger partial charge in [-0.15, -0.1) is 11.3 Å². The zero-order valence-electron chi connectivity index (χ0n) is 11.8. The quantitative estimate of drug-likeness (QED) is 0.928. The molecule has 1 aliphatic heterocycles. The Bertz CT molecular complexity index is 525. The topological polar surface area (TPSA) is 49.4 Å². The first-order valence-corrected chi connectivity index (χ1v) is 8.89. The minimum Gasteiger partial charge on any atom is -0.316 e. The van der Waals surface area contributed by atoms with Gasteiger partial charge >= 0.3 is 0 Å². The number of thiophene rings is 1. The van der Waals surface area contributed by atoms with Crippen LogP contribution >= 0.6 is 11.3 Å². The average Bonchev–Trinajstić information content (AvgIpc) is 2.78. The van der Waals surface area contributed by atoms with Crippen molar-refractivity contribution in [3.63, 3.8) is 0 Å². The van der Waals surface area contributed by atoms with Gasteiger partial charge in [0.05, 0.1) is 0 Å². The summed E-state index contributed by atoms with van der Waals surface area (Å²) in [5.74, 6) is 0. The number of piperidine rings is 1. The van der Waals surface area contributed by atoms with Gasteiger partial charge in [-0.3, -0.25) is 0 Å². The molecular weight excluding hydrogens is 280 g/mol. The molecule has 1 aromatic heterocycles. The first-order chi connectivity index (χ1) is 8.85. The van der Waals surface area contributed by atoms with E-state index in [2.05, 4.69) is 19.2 Å². The van der Waals surface area contributed by atoms with E-state index in [0.29, 0.717) is 23.8 Å². The number of nitrogens with one attached hydrogen (secondary N) is 1. The molecule has 1 fully saturated rings. The van der Waals surface area contributed by atoms with E-state index in [9.17, 15) is 8.42 Å². The predicted octanol–water partition coefficient (Wildman–Crippen LogP) is 2.28. The van der Waals surface area contributed by atoms with Crippen LogP contribution in [0, 0.1) is 5.41 Å². The summed E-state index contributed by atoms with van der Waals surface area (Å²) < 4.78 is 27.2. The van der Waals surface area contributed by atoms with Gasteiger partial charge in [-0.25, -0.2) is 8.42 Å². The summed E-state index contributed by atoms with van der Waals surface area (Å²) in [7, 11) is -1.43. The highest BCUT2D eigenvalue weighted by Gasteiger charge is 2.33. The summed E-state index contributed by atoms with van der Waals surface area (Å²) in [6.07, 6.45) is 1.86. The van der Waals surface area contributed by atoms with Crippen LogP contribution in [-0.2, 0) is 16.6 Å². The van der Waals surface area contributed by atoms with E-state index in [1.54, 1.807) is 10.4 Å². The molecule has 2 rings (SSSR count). The fourth-order valence-corrected chi connectivity index (χ4v) is 5.05. The molecule has 0 saturated carbocycles. The van der Waals surface area contributed by atoms with E-state index in [0.717, 1.165) is 18.4 Å². The summed E-state index contributed by atoms with van der Waals surface area (Å²) in [5.41, 5.74) is 1.29. The lowest BCUT2D eigenvalue weighted by Crippen LogP contribution is -2.40. The van der Waals surface area contributed by atoms with Gasteiger partial charge in [-0.2, -0.15) is 4.31 Å². The highest BCUT2D eigenvalue weighted by Crippen LogP contribution is 2.33. The van der Waals surface area contributed by atoms with Gasteiger partial charge < -0.3 is 5.32 Å². The second-order valence-electron chi connectivity index (χ2n) is 5.87. The van der Waals surface area contributed by atoms with Crippen molar-refractivity contribution in [3.05, 3.63) is 17.0 Å². The van der Waals surface area contributed by atoms with Crippen LogP contribution in [0.25, 0.3) is 0 Å². The molecular formula is C13H22N2O2S2. The van der Waals surface area contributed by atoms with Crippen molar-refractivity contribution in [3.8, 4) is 0 Å². The predicted molar refractivity (Wildman–Crippen MR) is 78.9 cm³/mol. The molecule has 1 saturated heterocycles. The Morgan fingerprint density at radius 3 is 2.58 bits per heavy atom. The smallest absolute Gasteiger partial charge is 0.252 e. The van der Waals surface area contributed by atoms with Crippen LogP contribution in [0.15, 0.2) is 15.7 Å². The zero-order chi connectivity index (χ0) is 14.1. The summed E-state index contributed by atoms with van der Waals surface area (Å²) in [5, 5.41) is 4.95. The summed E-state index contributed by atoms with van der Waals surface area (Å²) in [6.45, 7) is 6.38. The fraction of sp³-hybridized carbons (Fsp3) is 0.692. The Labute approximate surface area is 119 Å². The maximum absolute atomic E-state index is 12.5. The second kappa shape index (κ2) is 5.52. The third-order valence-corrected chi connectivity index (χ3v) is 7.04. The normalized spacial score (nSPS) is 20.6. The SMILES string of the molecule is CNCc1csc(S(=O)(=O)N2CCC(C)(C)CC2)c1. The van der Waals surface area contributed by atoms with Crippen molar-refractivity contribution in [2.45, 2.75) is 37.4 Å². The number of nitrogens with zero attached hydrogens (tertiary/aromatic N) is 1.